The van der Waals surface area contributed by atoms with Crippen molar-refractivity contribution in [2.45, 2.75) is 26.2 Å². The van der Waals surface area contributed by atoms with Gasteiger partial charge in [0, 0.05) is 27.3 Å². The van der Waals surface area contributed by atoms with E-state index in [4.69, 9.17) is 4.42 Å². The standard InChI is InChI=1S/C42H31NO/c1-26-13-4-10-20-36(26)43(37-21-12-19-32-30-17-9-11-22-39(30)44-41(32)37)38-25-35-40(31-18-8-7-16-29(31)38)33-23-27-14-5-6-15-28(27)24-34(33)42(35,2)3/h4-25H,1-3H3. The van der Waals surface area contributed by atoms with E-state index in [2.05, 4.69) is 153 Å². The van der Waals surface area contributed by atoms with Gasteiger partial charge in [0.15, 0.2) is 5.58 Å². The van der Waals surface area contributed by atoms with Crippen molar-refractivity contribution in [2.24, 2.45) is 0 Å². The second-order valence-corrected chi connectivity index (χ2v) is 12.6. The Balaban J connectivity index is 1.40. The van der Waals surface area contributed by atoms with Crippen molar-refractivity contribution < 1.29 is 4.42 Å². The molecule has 44 heavy (non-hydrogen) atoms. The molecule has 0 radical (unpaired) electrons. The first-order chi connectivity index (χ1) is 21.5. The maximum atomic E-state index is 6.65. The highest BCUT2D eigenvalue weighted by Crippen LogP contribution is 2.56. The molecule has 1 heterocycles. The Morgan fingerprint density at radius 3 is 1.98 bits per heavy atom. The average molecular weight is 566 g/mol. The normalized spacial score (nSPS) is 13.5. The first kappa shape index (κ1) is 25.2. The summed E-state index contributed by atoms with van der Waals surface area (Å²) < 4.78 is 6.65. The summed E-state index contributed by atoms with van der Waals surface area (Å²) in [5.74, 6) is 0. The van der Waals surface area contributed by atoms with E-state index in [9.17, 15) is 0 Å². The van der Waals surface area contributed by atoms with Crippen LogP contribution in [0.2, 0.25) is 0 Å². The summed E-state index contributed by atoms with van der Waals surface area (Å²) in [6.45, 7) is 6.95. The van der Waals surface area contributed by atoms with Crippen molar-refractivity contribution in [3.05, 3.63) is 150 Å². The number of furan rings is 1. The zero-order chi connectivity index (χ0) is 29.6. The second kappa shape index (κ2) is 9.08. The molecule has 2 heteroatoms. The molecule has 210 valence electrons. The molecule has 0 unspecified atom stereocenters. The Morgan fingerprint density at radius 1 is 0.523 bits per heavy atom. The molecule has 0 saturated carbocycles. The maximum Gasteiger partial charge on any atom is 0.159 e. The minimum absolute atomic E-state index is 0.170. The molecule has 0 atom stereocenters. The molecule has 0 amide bonds. The number of nitrogens with zero attached hydrogens (tertiary/aromatic N) is 1. The molecule has 0 N–H and O–H groups in total. The summed E-state index contributed by atoms with van der Waals surface area (Å²) in [4.78, 5) is 2.43. The van der Waals surface area contributed by atoms with Crippen LogP contribution in [0.5, 0.6) is 0 Å². The van der Waals surface area contributed by atoms with E-state index in [-0.39, 0.29) is 5.41 Å². The van der Waals surface area contributed by atoms with Gasteiger partial charge in [0.05, 0.1) is 11.4 Å². The summed E-state index contributed by atoms with van der Waals surface area (Å²) in [6, 6.07) is 48.5. The van der Waals surface area contributed by atoms with Crippen LogP contribution in [-0.4, -0.2) is 0 Å². The van der Waals surface area contributed by atoms with E-state index >= 15 is 0 Å². The second-order valence-electron chi connectivity index (χ2n) is 12.6. The van der Waals surface area contributed by atoms with Gasteiger partial charge in [-0.1, -0.05) is 111 Å². The van der Waals surface area contributed by atoms with Crippen molar-refractivity contribution in [1.29, 1.82) is 0 Å². The highest BCUT2D eigenvalue weighted by molar-refractivity contribution is 6.14. The van der Waals surface area contributed by atoms with E-state index in [1.54, 1.807) is 0 Å². The number of rotatable bonds is 3. The maximum absolute atomic E-state index is 6.65. The molecule has 1 aliphatic rings. The molecule has 1 aliphatic carbocycles. The van der Waals surface area contributed by atoms with E-state index in [0.717, 1.165) is 39.0 Å². The van der Waals surface area contributed by atoms with Crippen LogP contribution in [0.4, 0.5) is 17.1 Å². The molecule has 0 saturated heterocycles. The van der Waals surface area contributed by atoms with Gasteiger partial charge in [0.2, 0.25) is 0 Å². The zero-order valence-electron chi connectivity index (χ0n) is 25.1. The number of hydrogen-bond donors (Lipinski definition) is 0. The van der Waals surface area contributed by atoms with Gasteiger partial charge in [-0.2, -0.15) is 0 Å². The molecule has 8 aromatic rings. The highest BCUT2D eigenvalue weighted by atomic mass is 16.3. The molecular formula is C42H31NO. The lowest BCUT2D eigenvalue weighted by molar-refractivity contribution is 0.661. The third kappa shape index (κ3) is 3.43. The molecule has 1 aromatic heterocycles. The van der Waals surface area contributed by atoms with Gasteiger partial charge in [-0.15, -0.1) is 0 Å². The van der Waals surface area contributed by atoms with Crippen molar-refractivity contribution in [3.63, 3.8) is 0 Å². The van der Waals surface area contributed by atoms with Gasteiger partial charge in [-0.05, 0) is 87.3 Å². The summed E-state index contributed by atoms with van der Waals surface area (Å²) in [5.41, 5.74) is 11.6. The van der Waals surface area contributed by atoms with Crippen LogP contribution >= 0.6 is 0 Å². The van der Waals surface area contributed by atoms with Gasteiger partial charge >= 0.3 is 0 Å². The Labute approximate surface area is 256 Å². The third-order valence-corrected chi connectivity index (χ3v) is 9.75. The van der Waals surface area contributed by atoms with E-state index in [1.165, 1.54) is 49.4 Å². The quantitative estimate of drug-likeness (QED) is 0.212. The minimum atomic E-state index is -0.170. The summed E-state index contributed by atoms with van der Waals surface area (Å²) in [7, 11) is 0. The molecule has 9 rings (SSSR count). The highest BCUT2D eigenvalue weighted by Gasteiger charge is 2.38. The molecule has 0 fully saturated rings. The summed E-state index contributed by atoms with van der Waals surface area (Å²) in [6.07, 6.45) is 0. The van der Waals surface area contributed by atoms with Crippen molar-refractivity contribution >= 4 is 60.5 Å². The largest absolute Gasteiger partial charge is 0.454 e. The fourth-order valence-electron chi connectivity index (χ4n) is 7.55. The van der Waals surface area contributed by atoms with Crippen LogP contribution in [0.15, 0.2) is 138 Å². The minimum Gasteiger partial charge on any atom is -0.454 e. The SMILES string of the molecule is Cc1ccccc1N(c1cc2c(c3ccccc13)-c1cc3ccccc3cc1C2(C)C)c1cccc2c1oc1ccccc12. The molecule has 0 bridgehead atoms. The summed E-state index contributed by atoms with van der Waals surface area (Å²) >= 11 is 0. The summed E-state index contributed by atoms with van der Waals surface area (Å²) in [5, 5.41) is 7.32. The number of aryl methyl sites for hydroxylation is 1. The number of para-hydroxylation sites is 3. The van der Waals surface area contributed by atoms with E-state index in [1.807, 2.05) is 6.07 Å². The topological polar surface area (TPSA) is 16.4 Å². The third-order valence-electron chi connectivity index (χ3n) is 9.75. The number of fused-ring (bicyclic) bond motifs is 9. The predicted octanol–water partition coefficient (Wildman–Crippen LogP) is 12.0. The van der Waals surface area contributed by atoms with Gasteiger partial charge in [0.25, 0.3) is 0 Å². The molecule has 0 aliphatic heterocycles. The Hall–Kier alpha value is -5.34. The Morgan fingerprint density at radius 2 is 1.16 bits per heavy atom. The van der Waals surface area contributed by atoms with E-state index < -0.39 is 0 Å². The fraction of sp³-hybridized carbons (Fsp3) is 0.0952. The molecular weight excluding hydrogens is 534 g/mol. The molecule has 7 aromatic carbocycles. The van der Waals surface area contributed by atoms with Gasteiger partial charge in [-0.3, -0.25) is 0 Å². The first-order valence-electron chi connectivity index (χ1n) is 15.4. The van der Waals surface area contributed by atoms with Gasteiger partial charge in [0.1, 0.15) is 5.58 Å². The smallest absolute Gasteiger partial charge is 0.159 e. The molecule has 2 nitrogen and oxygen atoms in total. The zero-order valence-corrected chi connectivity index (χ0v) is 25.1. The van der Waals surface area contributed by atoms with Gasteiger partial charge < -0.3 is 9.32 Å². The molecule has 0 spiro atoms. The Kier molecular flexibility index (Phi) is 5.20. The monoisotopic (exact) mass is 565 g/mol. The van der Waals surface area contributed by atoms with Crippen LogP contribution in [0.1, 0.15) is 30.5 Å². The predicted molar refractivity (Wildman–Crippen MR) is 186 cm³/mol. The lowest BCUT2D eigenvalue weighted by Gasteiger charge is -2.30. The van der Waals surface area contributed by atoms with Crippen molar-refractivity contribution in [3.8, 4) is 11.1 Å². The van der Waals surface area contributed by atoms with Crippen LogP contribution in [0.3, 0.4) is 0 Å². The van der Waals surface area contributed by atoms with E-state index in [0.29, 0.717) is 0 Å². The van der Waals surface area contributed by atoms with Crippen LogP contribution in [-0.2, 0) is 5.41 Å². The van der Waals surface area contributed by atoms with Crippen LogP contribution in [0.25, 0.3) is 54.6 Å². The lowest BCUT2D eigenvalue weighted by atomic mass is 9.81. The fourth-order valence-corrected chi connectivity index (χ4v) is 7.55. The van der Waals surface area contributed by atoms with Crippen LogP contribution < -0.4 is 4.90 Å². The first-order valence-corrected chi connectivity index (χ1v) is 15.4. The number of anilines is 3. The van der Waals surface area contributed by atoms with Crippen molar-refractivity contribution in [2.75, 3.05) is 4.90 Å². The Bertz CT molecular complexity index is 2440. The number of hydrogen-bond acceptors (Lipinski definition) is 2. The lowest BCUT2D eigenvalue weighted by Crippen LogP contribution is -2.17. The number of benzene rings is 7. The average Bonchev–Trinajstić information content (AvgIpc) is 3.54. The van der Waals surface area contributed by atoms with Crippen LogP contribution in [0, 0.1) is 6.92 Å². The van der Waals surface area contributed by atoms with Gasteiger partial charge in [-0.25, -0.2) is 0 Å². The van der Waals surface area contributed by atoms with Crippen molar-refractivity contribution in [1.82, 2.24) is 0 Å².